The molecule has 0 unspecified atom stereocenters. The predicted molar refractivity (Wildman–Crippen MR) is 67.3 cm³/mol. The molecule has 23 heavy (non-hydrogen) atoms. The summed E-state index contributed by atoms with van der Waals surface area (Å²) in [5, 5.41) is 0. The lowest BCUT2D eigenvalue weighted by molar-refractivity contribution is -0.274. The van der Waals surface area contributed by atoms with Crippen LogP contribution >= 0.6 is 0 Å². The molecule has 0 atom stereocenters. The van der Waals surface area contributed by atoms with Gasteiger partial charge in [0.2, 0.25) is 0 Å². The van der Waals surface area contributed by atoms with E-state index in [1.54, 1.807) is 0 Å². The van der Waals surface area contributed by atoms with Gasteiger partial charge >= 0.3 is 16.5 Å². The van der Waals surface area contributed by atoms with Crippen LogP contribution in [-0.4, -0.2) is 14.8 Å². The molecule has 0 aliphatic heterocycles. The predicted octanol–water partition coefficient (Wildman–Crippen LogP) is 3.63. The molecule has 0 aliphatic rings. The van der Waals surface area contributed by atoms with Crippen LogP contribution in [0.1, 0.15) is 0 Å². The number of halogens is 5. The van der Waals surface area contributed by atoms with E-state index in [1.807, 2.05) is 0 Å². The van der Waals surface area contributed by atoms with Crippen LogP contribution in [0.4, 0.5) is 22.0 Å². The van der Waals surface area contributed by atoms with Crippen LogP contribution in [0, 0.1) is 11.6 Å². The molecule has 0 radical (unpaired) electrons. The summed E-state index contributed by atoms with van der Waals surface area (Å²) in [6.07, 6.45) is -4.92. The highest BCUT2D eigenvalue weighted by molar-refractivity contribution is 7.87. The lowest BCUT2D eigenvalue weighted by Crippen LogP contribution is -2.17. The first-order valence-electron chi connectivity index (χ1n) is 5.82. The highest BCUT2D eigenvalue weighted by atomic mass is 32.2. The smallest absolute Gasteiger partial charge is 0.406 e. The van der Waals surface area contributed by atoms with Crippen LogP contribution in [-0.2, 0) is 10.1 Å². The maximum Gasteiger partial charge on any atom is 0.573 e. The molecule has 0 fully saturated rings. The summed E-state index contributed by atoms with van der Waals surface area (Å²) in [7, 11) is -4.51. The van der Waals surface area contributed by atoms with Crippen molar-refractivity contribution in [2.75, 3.05) is 0 Å². The third kappa shape index (κ3) is 4.55. The molecule has 0 N–H and O–H groups in total. The average Bonchev–Trinajstić information content (AvgIpc) is 2.41. The molecule has 2 aromatic carbocycles. The first-order chi connectivity index (χ1) is 10.6. The van der Waals surface area contributed by atoms with Crippen LogP contribution in [0.3, 0.4) is 0 Å². The Hall–Kier alpha value is -2.36. The minimum atomic E-state index is -4.92. The summed E-state index contributed by atoms with van der Waals surface area (Å²) in [5.41, 5.74) is 0. The molecule has 0 saturated heterocycles. The van der Waals surface area contributed by atoms with Crippen molar-refractivity contribution < 1.29 is 39.3 Å². The fourth-order valence-electron chi connectivity index (χ4n) is 1.52. The third-order valence-corrected chi connectivity index (χ3v) is 3.69. The number of rotatable bonds is 4. The van der Waals surface area contributed by atoms with Gasteiger partial charge < -0.3 is 8.92 Å². The molecule has 0 amide bonds. The molecule has 0 aromatic heterocycles. The summed E-state index contributed by atoms with van der Waals surface area (Å²) in [5.74, 6) is -3.56. The second kappa shape index (κ2) is 6.03. The van der Waals surface area contributed by atoms with Crippen LogP contribution in [0.25, 0.3) is 0 Å². The van der Waals surface area contributed by atoms with Gasteiger partial charge in [-0.1, -0.05) is 0 Å². The molecule has 2 rings (SSSR count). The Morgan fingerprint density at radius 2 is 1.52 bits per heavy atom. The van der Waals surface area contributed by atoms with Gasteiger partial charge in [-0.2, -0.15) is 8.42 Å². The summed E-state index contributed by atoms with van der Waals surface area (Å²) in [4.78, 5) is -0.532. The molecule has 124 valence electrons. The van der Waals surface area contributed by atoms with Gasteiger partial charge in [-0.3, -0.25) is 0 Å². The van der Waals surface area contributed by atoms with Gasteiger partial charge in [-0.25, -0.2) is 8.78 Å². The van der Waals surface area contributed by atoms with E-state index in [0.29, 0.717) is 6.07 Å². The van der Waals surface area contributed by atoms with Crippen LogP contribution < -0.4 is 8.92 Å². The summed E-state index contributed by atoms with van der Waals surface area (Å²) in [6, 6.07) is 5.06. The van der Waals surface area contributed by atoms with Crippen LogP contribution in [0.15, 0.2) is 47.4 Å². The number of hydrogen-bond acceptors (Lipinski definition) is 4. The molecular weight excluding hydrogens is 347 g/mol. The quantitative estimate of drug-likeness (QED) is 0.622. The minimum absolute atomic E-state index is 0.422. The van der Waals surface area contributed by atoms with Crippen molar-refractivity contribution in [1.82, 2.24) is 0 Å². The number of hydrogen-bond donors (Lipinski definition) is 0. The standard InChI is InChI=1S/C13H7F5O4S/c14-8-1-6-12(11(15)7-8)22-23(19,20)10-4-2-9(3-5-10)21-13(16,17)18/h1-7H. The van der Waals surface area contributed by atoms with E-state index in [-0.39, 0.29) is 0 Å². The molecule has 0 saturated carbocycles. The molecule has 0 aliphatic carbocycles. The fourth-order valence-corrected chi connectivity index (χ4v) is 2.45. The van der Waals surface area contributed by atoms with Crippen molar-refractivity contribution >= 4 is 10.1 Å². The van der Waals surface area contributed by atoms with Crippen molar-refractivity contribution in [3.8, 4) is 11.5 Å². The first-order valence-corrected chi connectivity index (χ1v) is 7.23. The zero-order valence-electron chi connectivity index (χ0n) is 11.0. The Morgan fingerprint density at radius 3 is 2.04 bits per heavy atom. The van der Waals surface area contributed by atoms with Crippen molar-refractivity contribution in [3.05, 3.63) is 54.1 Å². The van der Waals surface area contributed by atoms with Gasteiger partial charge in [0.25, 0.3) is 0 Å². The van der Waals surface area contributed by atoms with Gasteiger partial charge in [0.1, 0.15) is 16.5 Å². The maximum atomic E-state index is 13.4. The van der Waals surface area contributed by atoms with Gasteiger partial charge in [0, 0.05) is 6.07 Å². The normalized spacial score (nSPS) is 12.0. The second-order valence-corrected chi connectivity index (χ2v) is 5.68. The third-order valence-electron chi connectivity index (χ3n) is 2.44. The molecular formula is C13H7F5O4S. The van der Waals surface area contributed by atoms with Crippen molar-refractivity contribution in [2.24, 2.45) is 0 Å². The fraction of sp³-hybridized carbons (Fsp3) is 0.0769. The number of benzene rings is 2. The van der Waals surface area contributed by atoms with Gasteiger partial charge in [0.05, 0.1) is 0 Å². The zero-order chi connectivity index (χ0) is 17.3. The number of ether oxygens (including phenoxy) is 1. The Morgan fingerprint density at radius 1 is 0.913 bits per heavy atom. The van der Waals surface area contributed by atoms with E-state index < -0.39 is 44.5 Å². The second-order valence-electron chi connectivity index (χ2n) is 4.13. The molecule has 0 bridgehead atoms. The molecule has 0 heterocycles. The monoisotopic (exact) mass is 354 g/mol. The molecule has 0 spiro atoms. The van der Waals surface area contributed by atoms with E-state index >= 15 is 0 Å². The lowest BCUT2D eigenvalue weighted by atomic mass is 10.3. The van der Waals surface area contributed by atoms with Gasteiger partial charge in [0.15, 0.2) is 11.6 Å². The largest absolute Gasteiger partial charge is 0.573 e. The SMILES string of the molecule is O=S(=O)(Oc1ccc(F)cc1F)c1ccc(OC(F)(F)F)cc1. The van der Waals surface area contributed by atoms with Crippen LogP contribution in [0.5, 0.6) is 11.5 Å². The van der Waals surface area contributed by atoms with Gasteiger partial charge in [-0.15, -0.1) is 13.2 Å². The zero-order valence-corrected chi connectivity index (χ0v) is 11.8. The maximum absolute atomic E-state index is 13.4. The van der Waals surface area contributed by atoms with Gasteiger partial charge in [-0.05, 0) is 36.4 Å². The average molecular weight is 354 g/mol. The van der Waals surface area contributed by atoms with Crippen LogP contribution in [0.2, 0.25) is 0 Å². The Kier molecular flexibility index (Phi) is 4.46. The van der Waals surface area contributed by atoms with E-state index in [0.717, 1.165) is 36.4 Å². The van der Waals surface area contributed by atoms with Crippen molar-refractivity contribution in [1.29, 1.82) is 0 Å². The lowest BCUT2D eigenvalue weighted by Gasteiger charge is -2.10. The summed E-state index contributed by atoms with van der Waals surface area (Å²) < 4.78 is 94.0. The summed E-state index contributed by atoms with van der Waals surface area (Å²) >= 11 is 0. The minimum Gasteiger partial charge on any atom is -0.406 e. The molecule has 10 heteroatoms. The molecule has 4 nitrogen and oxygen atoms in total. The molecule has 2 aromatic rings. The van der Waals surface area contributed by atoms with Crippen molar-refractivity contribution in [2.45, 2.75) is 11.3 Å². The summed E-state index contributed by atoms with van der Waals surface area (Å²) in [6.45, 7) is 0. The van der Waals surface area contributed by atoms with E-state index in [1.165, 1.54) is 0 Å². The van der Waals surface area contributed by atoms with E-state index in [2.05, 4.69) is 8.92 Å². The van der Waals surface area contributed by atoms with Crippen molar-refractivity contribution in [3.63, 3.8) is 0 Å². The highest BCUT2D eigenvalue weighted by Crippen LogP contribution is 2.26. The topological polar surface area (TPSA) is 52.6 Å². The highest BCUT2D eigenvalue weighted by Gasteiger charge is 2.31. The number of alkyl halides is 3. The Labute approximate surface area is 127 Å². The Bertz CT molecular complexity index is 800. The van der Waals surface area contributed by atoms with E-state index in [4.69, 9.17) is 0 Å². The Balaban J connectivity index is 2.22. The first kappa shape index (κ1) is 17.0. The van der Waals surface area contributed by atoms with E-state index in [9.17, 15) is 30.4 Å².